The number of para-hydroxylation sites is 2. The third-order valence-electron chi connectivity index (χ3n) is 4.94. The molecule has 0 aliphatic carbocycles. The summed E-state index contributed by atoms with van der Waals surface area (Å²) in [4.78, 5) is 47.7. The van der Waals surface area contributed by atoms with Crippen LogP contribution in [0.1, 0.15) is 6.92 Å². The van der Waals surface area contributed by atoms with Gasteiger partial charge in [-0.05, 0) is 0 Å². The second kappa shape index (κ2) is 9.41. The summed E-state index contributed by atoms with van der Waals surface area (Å²) >= 11 is 2.37. The van der Waals surface area contributed by atoms with Crippen molar-refractivity contribution >= 4 is 89.8 Å². The first-order chi connectivity index (χ1) is 16.0. The van der Waals surface area contributed by atoms with E-state index in [-0.39, 0.29) is 41.4 Å². The zero-order valence-corrected chi connectivity index (χ0v) is 22.2. The van der Waals surface area contributed by atoms with E-state index in [0.717, 1.165) is 39.1 Å². The van der Waals surface area contributed by atoms with Crippen molar-refractivity contribution in [1.82, 2.24) is 9.97 Å². The Balaban J connectivity index is 1.48. The average molecular weight is 610 g/mol. The number of ketones is 1. The van der Waals surface area contributed by atoms with Crippen LogP contribution in [0.15, 0.2) is 56.3 Å². The maximum atomic E-state index is 13.1. The minimum absolute atomic E-state index is 0.00728. The number of nitrogens with zero attached hydrogens (tertiary/aromatic N) is 2. The van der Waals surface area contributed by atoms with E-state index in [2.05, 4.69) is 9.97 Å². The van der Waals surface area contributed by atoms with Crippen molar-refractivity contribution < 1.29 is 23.9 Å². The summed E-state index contributed by atoms with van der Waals surface area (Å²) in [6, 6.07) is 15.6. The number of fused-ring (bicyclic) bond motifs is 2. The summed E-state index contributed by atoms with van der Waals surface area (Å²) in [6.45, 7) is 1.79. The van der Waals surface area contributed by atoms with Gasteiger partial charge in [0.25, 0.3) is 0 Å². The molecule has 33 heavy (non-hydrogen) atoms. The number of thioether (sulfide) groups is 2. The molecule has 3 heterocycles. The van der Waals surface area contributed by atoms with Gasteiger partial charge in [-0.2, -0.15) is 0 Å². The van der Waals surface area contributed by atoms with Gasteiger partial charge >= 0.3 is 210 Å². The molecule has 5 rings (SSSR count). The number of aromatic nitrogens is 2. The molecular weight excluding hydrogens is 594 g/mol. The molecule has 0 amide bonds. The quantitative estimate of drug-likeness (QED) is 0.136. The monoisotopic (exact) mass is 612 g/mol. The third-order valence-corrected chi connectivity index (χ3v) is 12.7. The number of rotatable bonds is 7. The van der Waals surface area contributed by atoms with E-state index in [1.165, 1.54) is 11.8 Å². The van der Waals surface area contributed by atoms with Crippen LogP contribution in [0.3, 0.4) is 0 Å². The Labute approximate surface area is 209 Å². The van der Waals surface area contributed by atoms with Gasteiger partial charge in [0.2, 0.25) is 0 Å². The molecule has 7 nitrogen and oxygen atoms in total. The van der Waals surface area contributed by atoms with Crippen LogP contribution in [0.2, 0.25) is 0 Å². The number of Topliss-reactive ketones (excluding diaryl/α,β-unsaturated/α-hetero) is 1. The number of esters is 2. The van der Waals surface area contributed by atoms with Crippen molar-refractivity contribution in [1.29, 1.82) is 0 Å². The summed E-state index contributed by atoms with van der Waals surface area (Å²) in [7, 11) is 0. The van der Waals surface area contributed by atoms with E-state index in [1.54, 1.807) is 6.92 Å². The molecule has 2 aromatic carbocycles. The molecule has 0 saturated carbocycles. The first-order valence-corrected chi connectivity index (χ1v) is 15.2. The van der Waals surface area contributed by atoms with E-state index in [4.69, 9.17) is 9.47 Å². The molecule has 11 heteroatoms. The van der Waals surface area contributed by atoms with E-state index < -0.39 is 28.6 Å². The Morgan fingerprint density at radius 3 is 2.27 bits per heavy atom. The molecule has 0 spiro atoms. The van der Waals surface area contributed by atoms with Gasteiger partial charge < -0.3 is 0 Å². The van der Waals surface area contributed by atoms with Crippen LogP contribution in [0.5, 0.6) is 0 Å². The van der Waals surface area contributed by atoms with Gasteiger partial charge in [-0.3, -0.25) is 0 Å². The molecule has 1 saturated heterocycles. The first-order valence-electron chi connectivity index (χ1n) is 9.95. The fourth-order valence-corrected chi connectivity index (χ4v) is 10.9. The van der Waals surface area contributed by atoms with Crippen molar-refractivity contribution in [3.8, 4) is 0 Å². The topological polar surface area (TPSA) is 95.5 Å². The van der Waals surface area contributed by atoms with Gasteiger partial charge in [0, 0.05) is 0 Å². The van der Waals surface area contributed by atoms with Crippen LogP contribution in [0.4, 0.5) is 0 Å². The SMILES string of the molecule is CCOC(=O)C1(CSc2nc3ccccc3[se]2)OC(=O)C(=O)C1Sc1nc2ccccc2[se]1. The molecule has 1 fully saturated rings. The van der Waals surface area contributed by atoms with Gasteiger partial charge in [0.1, 0.15) is 0 Å². The number of cyclic esters (lactones) is 1. The predicted octanol–water partition coefficient (Wildman–Crippen LogP) is 2.58. The molecule has 0 N–H and O–H groups in total. The summed E-state index contributed by atoms with van der Waals surface area (Å²) in [6.07, 6.45) is 0. The molecule has 1 aliphatic rings. The molecule has 0 radical (unpaired) electrons. The van der Waals surface area contributed by atoms with Crippen LogP contribution in [-0.2, 0) is 23.9 Å². The molecule has 2 atom stereocenters. The number of carbonyl (C=O) groups is 3. The van der Waals surface area contributed by atoms with Crippen molar-refractivity contribution in [2.24, 2.45) is 0 Å². The zero-order chi connectivity index (χ0) is 23.0. The Morgan fingerprint density at radius 1 is 1.03 bits per heavy atom. The number of hydrogen-bond donors (Lipinski definition) is 0. The fraction of sp³-hybridized carbons (Fsp3) is 0.227. The Morgan fingerprint density at radius 2 is 1.64 bits per heavy atom. The van der Waals surface area contributed by atoms with E-state index >= 15 is 0 Å². The van der Waals surface area contributed by atoms with Crippen LogP contribution in [0.25, 0.3) is 19.6 Å². The Kier molecular flexibility index (Phi) is 6.53. The van der Waals surface area contributed by atoms with E-state index in [1.807, 2.05) is 48.5 Å². The maximum absolute atomic E-state index is 13.1. The van der Waals surface area contributed by atoms with Crippen molar-refractivity contribution in [3.05, 3.63) is 48.5 Å². The molecule has 2 unspecified atom stereocenters. The number of hydrogen-bond acceptors (Lipinski definition) is 9. The van der Waals surface area contributed by atoms with Crippen molar-refractivity contribution in [2.45, 2.75) is 25.6 Å². The summed E-state index contributed by atoms with van der Waals surface area (Å²) < 4.78 is 14.7. The van der Waals surface area contributed by atoms with Crippen LogP contribution in [0, 0.1) is 0 Å². The number of benzene rings is 2. The van der Waals surface area contributed by atoms with Crippen LogP contribution < -0.4 is 0 Å². The predicted molar refractivity (Wildman–Crippen MR) is 128 cm³/mol. The second-order valence-electron chi connectivity index (χ2n) is 7.05. The summed E-state index contributed by atoms with van der Waals surface area (Å²) in [5.41, 5.74) is 0.0474. The van der Waals surface area contributed by atoms with Gasteiger partial charge in [-0.25, -0.2) is 0 Å². The molecule has 2 aromatic heterocycles. The number of ether oxygens (including phenoxy) is 2. The molecule has 1 aliphatic heterocycles. The van der Waals surface area contributed by atoms with Gasteiger partial charge in [-0.15, -0.1) is 0 Å². The minimum atomic E-state index is -1.72. The van der Waals surface area contributed by atoms with Crippen molar-refractivity contribution in [3.63, 3.8) is 0 Å². The first kappa shape index (κ1) is 22.9. The average Bonchev–Trinajstić information content (AvgIpc) is 3.48. The molecule has 4 aromatic rings. The molecule has 0 bridgehead atoms. The van der Waals surface area contributed by atoms with Gasteiger partial charge in [0.05, 0.1) is 0 Å². The summed E-state index contributed by atoms with van der Waals surface area (Å²) in [5, 5.41) is -1.05. The normalized spacial score (nSPS) is 20.5. The van der Waals surface area contributed by atoms with Crippen LogP contribution >= 0.6 is 23.5 Å². The van der Waals surface area contributed by atoms with E-state index in [0.29, 0.717) is 0 Å². The van der Waals surface area contributed by atoms with Crippen LogP contribution in [-0.4, -0.2) is 79.9 Å². The zero-order valence-electron chi connectivity index (χ0n) is 17.2. The third kappa shape index (κ3) is 4.34. The molecule has 168 valence electrons. The van der Waals surface area contributed by atoms with Crippen molar-refractivity contribution in [2.75, 3.05) is 12.4 Å². The number of carbonyl (C=O) groups excluding carboxylic acids is 3. The Hall–Kier alpha value is -1.87. The second-order valence-corrected chi connectivity index (χ2v) is 14.6. The van der Waals surface area contributed by atoms with E-state index in [9.17, 15) is 14.4 Å². The summed E-state index contributed by atoms with van der Waals surface area (Å²) in [5.74, 6) is -2.39. The standard InChI is InChI=1S/C22H16N2O5S2Se2/c1-2-28-19(27)22(11-30-20-23-12-7-3-5-9-14(12)32-20)17(16(25)18(26)29-22)31-21-24-13-8-4-6-10-15(13)33-21/h3-10,17H,2,11H2,1H3. The van der Waals surface area contributed by atoms with Gasteiger partial charge in [-0.1, -0.05) is 0 Å². The molecular formula is C22H16N2O5S2Se2. The fourth-order valence-electron chi connectivity index (χ4n) is 3.39. The Bertz CT molecular complexity index is 1320. The van der Waals surface area contributed by atoms with Gasteiger partial charge in [0.15, 0.2) is 0 Å².